The number of amides is 1. The fraction of sp³-hybridized carbons (Fsp3) is 0.471. The molecule has 0 atom stereocenters. The summed E-state index contributed by atoms with van der Waals surface area (Å²) in [6, 6.07) is 6.33. The van der Waals surface area contributed by atoms with E-state index in [4.69, 9.17) is 10.5 Å². The molecule has 120 valence electrons. The molecule has 0 saturated heterocycles. The molecular weight excluding hydrogens is 278 g/mol. The van der Waals surface area contributed by atoms with Crippen LogP contribution in [0.3, 0.4) is 0 Å². The van der Waals surface area contributed by atoms with Crippen LogP contribution >= 0.6 is 0 Å². The number of hydrogen-bond acceptors (Lipinski definition) is 3. The van der Waals surface area contributed by atoms with Crippen molar-refractivity contribution in [1.29, 1.82) is 0 Å². The Morgan fingerprint density at radius 3 is 2.77 bits per heavy atom. The van der Waals surface area contributed by atoms with Crippen LogP contribution in [0.15, 0.2) is 24.4 Å². The molecule has 0 aliphatic carbocycles. The third-order valence-corrected chi connectivity index (χ3v) is 3.33. The molecule has 5 heteroatoms. The fourth-order valence-electron chi connectivity index (χ4n) is 2.37. The molecule has 0 saturated carbocycles. The van der Waals surface area contributed by atoms with Gasteiger partial charge in [0.05, 0.1) is 0 Å². The molecule has 5 nitrogen and oxygen atoms in total. The summed E-state index contributed by atoms with van der Waals surface area (Å²) in [6.45, 7) is 6.75. The van der Waals surface area contributed by atoms with Crippen LogP contribution in [0.5, 0.6) is 0 Å². The minimum absolute atomic E-state index is 0.379. The van der Waals surface area contributed by atoms with Gasteiger partial charge in [0.25, 0.3) is 0 Å². The number of benzene rings is 1. The van der Waals surface area contributed by atoms with Gasteiger partial charge in [-0.15, -0.1) is 0 Å². The van der Waals surface area contributed by atoms with Crippen LogP contribution in [-0.2, 0) is 17.6 Å². The SMILES string of the molecule is CC(C)(C)OC(=O)NCCc1c[nH]c2ccc(CCN)cc12. The monoisotopic (exact) mass is 303 g/mol. The summed E-state index contributed by atoms with van der Waals surface area (Å²) in [6.07, 6.45) is 3.24. The van der Waals surface area contributed by atoms with Gasteiger partial charge >= 0.3 is 6.09 Å². The highest BCUT2D eigenvalue weighted by Crippen LogP contribution is 2.20. The standard InChI is InChI=1S/C17H25N3O2/c1-17(2,3)22-16(21)19-9-7-13-11-20-15-5-4-12(6-8-18)10-14(13)15/h4-5,10-11,20H,6-9,18H2,1-3H3,(H,19,21). The summed E-state index contributed by atoms with van der Waals surface area (Å²) in [5, 5.41) is 3.98. The predicted octanol–water partition coefficient (Wildman–Crippen LogP) is 2.74. The molecule has 0 unspecified atom stereocenters. The Morgan fingerprint density at radius 2 is 2.09 bits per heavy atom. The largest absolute Gasteiger partial charge is 0.444 e. The third kappa shape index (κ3) is 4.49. The second-order valence-corrected chi connectivity index (χ2v) is 6.41. The first kappa shape index (κ1) is 16.4. The number of rotatable bonds is 5. The molecule has 0 spiro atoms. The number of nitrogens with one attached hydrogen (secondary N) is 2. The molecule has 1 amide bonds. The van der Waals surface area contributed by atoms with Crippen molar-refractivity contribution in [2.45, 2.75) is 39.2 Å². The van der Waals surface area contributed by atoms with Crippen LogP contribution in [0.2, 0.25) is 0 Å². The average molecular weight is 303 g/mol. The number of alkyl carbamates (subject to hydrolysis) is 1. The van der Waals surface area contributed by atoms with Crippen molar-refractivity contribution in [3.8, 4) is 0 Å². The number of aromatic amines is 1. The number of nitrogens with two attached hydrogens (primary N) is 1. The van der Waals surface area contributed by atoms with Gasteiger partial charge in [0.15, 0.2) is 0 Å². The Morgan fingerprint density at radius 1 is 1.32 bits per heavy atom. The highest BCUT2D eigenvalue weighted by molar-refractivity contribution is 5.84. The van der Waals surface area contributed by atoms with E-state index in [1.807, 2.05) is 27.0 Å². The molecule has 4 N–H and O–H groups in total. The number of aromatic nitrogens is 1. The van der Waals surface area contributed by atoms with Crippen LogP contribution in [0.4, 0.5) is 4.79 Å². The molecular formula is C17H25N3O2. The van der Waals surface area contributed by atoms with Gasteiger partial charge in [-0.05, 0) is 63.4 Å². The lowest BCUT2D eigenvalue weighted by molar-refractivity contribution is 0.0528. The van der Waals surface area contributed by atoms with Crippen LogP contribution in [0.1, 0.15) is 31.9 Å². The van der Waals surface area contributed by atoms with E-state index in [2.05, 4.69) is 28.5 Å². The van der Waals surface area contributed by atoms with E-state index in [-0.39, 0.29) is 6.09 Å². The van der Waals surface area contributed by atoms with E-state index in [0.717, 1.165) is 18.4 Å². The first-order valence-electron chi connectivity index (χ1n) is 7.65. The topological polar surface area (TPSA) is 80.1 Å². The number of carbonyl (C=O) groups is 1. The molecule has 0 aliphatic rings. The van der Waals surface area contributed by atoms with E-state index in [1.54, 1.807) is 0 Å². The van der Waals surface area contributed by atoms with E-state index >= 15 is 0 Å². The number of fused-ring (bicyclic) bond motifs is 1. The van der Waals surface area contributed by atoms with Gasteiger partial charge in [-0.3, -0.25) is 0 Å². The lowest BCUT2D eigenvalue weighted by Crippen LogP contribution is -2.33. The number of carbonyl (C=O) groups excluding carboxylic acids is 1. The Labute approximate surface area is 131 Å². The number of ether oxygens (including phenoxy) is 1. The molecule has 1 aromatic heterocycles. The second-order valence-electron chi connectivity index (χ2n) is 6.41. The Bertz CT molecular complexity index is 641. The minimum Gasteiger partial charge on any atom is -0.444 e. The van der Waals surface area contributed by atoms with Crippen LogP contribution in [0.25, 0.3) is 10.9 Å². The second kappa shape index (κ2) is 6.83. The molecule has 1 heterocycles. The van der Waals surface area contributed by atoms with E-state index in [9.17, 15) is 4.79 Å². The quantitative estimate of drug-likeness (QED) is 0.794. The van der Waals surface area contributed by atoms with Gasteiger partial charge in [-0.25, -0.2) is 4.79 Å². The van der Waals surface area contributed by atoms with Crippen molar-refractivity contribution in [1.82, 2.24) is 10.3 Å². The van der Waals surface area contributed by atoms with E-state index < -0.39 is 5.60 Å². The summed E-state index contributed by atoms with van der Waals surface area (Å²) >= 11 is 0. The summed E-state index contributed by atoms with van der Waals surface area (Å²) < 4.78 is 5.22. The van der Waals surface area contributed by atoms with Crippen LogP contribution < -0.4 is 11.1 Å². The van der Waals surface area contributed by atoms with Crippen molar-refractivity contribution >= 4 is 17.0 Å². The van der Waals surface area contributed by atoms with E-state index in [0.29, 0.717) is 13.1 Å². The molecule has 2 aromatic rings. The molecule has 0 aliphatic heterocycles. The maximum atomic E-state index is 11.6. The van der Waals surface area contributed by atoms with E-state index in [1.165, 1.54) is 16.5 Å². The smallest absolute Gasteiger partial charge is 0.407 e. The highest BCUT2D eigenvalue weighted by Gasteiger charge is 2.15. The lowest BCUT2D eigenvalue weighted by atomic mass is 10.1. The van der Waals surface area contributed by atoms with Gasteiger partial charge < -0.3 is 20.8 Å². The maximum Gasteiger partial charge on any atom is 0.407 e. The van der Waals surface area contributed by atoms with Crippen LogP contribution in [0, 0.1) is 0 Å². The van der Waals surface area contributed by atoms with Crippen molar-refractivity contribution in [3.05, 3.63) is 35.5 Å². The van der Waals surface area contributed by atoms with Gasteiger partial charge in [0.2, 0.25) is 0 Å². The normalized spacial score (nSPS) is 11.6. The predicted molar refractivity (Wildman–Crippen MR) is 89.0 cm³/mol. The summed E-state index contributed by atoms with van der Waals surface area (Å²) in [7, 11) is 0. The van der Waals surface area contributed by atoms with Gasteiger partial charge in [0.1, 0.15) is 5.60 Å². The Kier molecular flexibility index (Phi) is 5.08. The average Bonchev–Trinajstić information content (AvgIpc) is 2.80. The zero-order chi connectivity index (χ0) is 16.2. The summed E-state index contributed by atoms with van der Waals surface area (Å²) in [5.41, 5.74) is 8.66. The molecule has 0 radical (unpaired) electrons. The Hall–Kier alpha value is -2.01. The zero-order valence-corrected chi connectivity index (χ0v) is 13.5. The highest BCUT2D eigenvalue weighted by atomic mass is 16.6. The Balaban J connectivity index is 1.97. The molecule has 2 rings (SSSR count). The lowest BCUT2D eigenvalue weighted by Gasteiger charge is -2.19. The maximum absolute atomic E-state index is 11.6. The van der Waals surface area contributed by atoms with Gasteiger partial charge in [-0.2, -0.15) is 0 Å². The first-order valence-corrected chi connectivity index (χ1v) is 7.65. The van der Waals surface area contributed by atoms with Crippen LogP contribution in [-0.4, -0.2) is 29.8 Å². The third-order valence-electron chi connectivity index (χ3n) is 3.33. The summed E-state index contributed by atoms with van der Waals surface area (Å²) in [4.78, 5) is 14.9. The number of H-pyrrole nitrogens is 1. The van der Waals surface area contributed by atoms with Crippen molar-refractivity contribution in [2.24, 2.45) is 5.73 Å². The molecule has 22 heavy (non-hydrogen) atoms. The first-order chi connectivity index (χ1) is 10.4. The van der Waals surface area contributed by atoms with Crippen molar-refractivity contribution in [2.75, 3.05) is 13.1 Å². The van der Waals surface area contributed by atoms with Crippen molar-refractivity contribution in [3.63, 3.8) is 0 Å². The molecule has 0 fully saturated rings. The van der Waals surface area contributed by atoms with Gasteiger partial charge in [0, 0.05) is 23.6 Å². The molecule has 0 bridgehead atoms. The minimum atomic E-state index is -0.470. The molecule has 1 aromatic carbocycles. The number of hydrogen-bond donors (Lipinski definition) is 3. The summed E-state index contributed by atoms with van der Waals surface area (Å²) in [5.74, 6) is 0. The zero-order valence-electron chi connectivity index (χ0n) is 13.5. The van der Waals surface area contributed by atoms with Crippen molar-refractivity contribution < 1.29 is 9.53 Å². The van der Waals surface area contributed by atoms with Gasteiger partial charge in [-0.1, -0.05) is 6.07 Å². The fourth-order valence-corrected chi connectivity index (χ4v) is 2.37.